The number of rotatable bonds is 7. The summed E-state index contributed by atoms with van der Waals surface area (Å²) >= 11 is 0. The first kappa shape index (κ1) is 20.3. The molecule has 0 heterocycles. The maximum Gasteiger partial charge on any atom is 0.292 e. The molecule has 8 nitrogen and oxygen atoms in total. The van der Waals surface area contributed by atoms with Gasteiger partial charge in [-0.2, -0.15) is 0 Å². The van der Waals surface area contributed by atoms with Crippen molar-refractivity contribution in [2.75, 3.05) is 17.8 Å². The lowest BCUT2D eigenvalue weighted by molar-refractivity contribution is -0.388. The number of hydrogen-bond acceptors (Lipinski definition) is 5. The lowest BCUT2D eigenvalue weighted by atomic mass is 10.2. The van der Waals surface area contributed by atoms with Crippen LogP contribution >= 0.6 is 0 Å². The minimum absolute atomic E-state index is 0.115. The molecule has 1 N–H and O–H groups in total. The number of benzene rings is 2. The molecule has 27 heavy (non-hydrogen) atoms. The number of carbonyl (C=O) groups is 1. The van der Waals surface area contributed by atoms with E-state index in [2.05, 4.69) is 4.72 Å². The van der Waals surface area contributed by atoms with E-state index in [1.165, 1.54) is 24.3 Å². The van der Waals surface area contributed by atoms with Crippen molar-refractivity contribution in [1.82, 2.24) is 4.90 Å². The highest BCUT2D eigenvalue weighted by atomic mass is 32.2. The smallest absolute Gasteiger partial charge is 0.292 e. The van der Waals surface area contributed by atoms with E-state index in [0.29, 0.717) is 24.7 Å². The molecule has 0 saturated heterocycles. The summed E-state index contributed by atoms with van der Waals surface area (Å²) in [5.74, 6) is -1.11. The predicted octanol–water partition coefficient (Wildman–Crippen LogP) is 3.02. The first-order valence-electron chi connectivity index (χ1n) is 8.05. The lowest BCUT2D eigenvalue weighted by Crippen LogP contribution is -2.30. The molecule has 0 aliphatic rings. The SMILES string of the molecule is CCN(CC)C(=O)c1ccc(NS(=O)(=O)c2ccc(F)cc2[N+](=O)[O-])cc1. The van der Waals surface area contributed by atoms with Crippen LogP contribution in [-0.4, -0.2) is 37.2 Å². The Kier molecular flexibility index (Phi) is 6.11. The Morgan fingerprint density at radius 1 is 1.15 bits per heavy atom. The second kappa shape index (κ2) is 8.12. The third kappa shape index (κ3) is 4.59. The molecule has 0 bridgehead atoms. The molecule has 2 aromatic rings. The van der Waals surface area contributed by atoms with Gasteiger partial charge in [0.05, 0.1) is 11.0 Å². The zero-order valence-electron chi connectivity index (χ0n) is 14.7. The molecule has 2 aromatic carbocycles. The second-order valence-electron chi connectivity index (χ2n) is 5.53. The largest absolute Gasteiger partial charge is 0.339 e. The maximum atomic E-state index is 13.2. The number of hydrogen-bond donors (Lipinski definition) is 1. The van der Waals surface area contributed by atoms with Crippen LogP contribution in [0.1, 0.15) is 24.2 Å². The molecule has 2 rings (SSSR count). The van der Waals surface area contributed by atoms with Crippen molar-refractivity contribution in [1.29, 1.82) is 0 Å². The second-order valence-corrected chi connectivity index (χ2v) is 7.18. The van der Waals surface area contributed by atoms with E-state index in [1.807, 2.05) is 13.8 Å². The fourth-order valence-corrected chi connectivity index (χ4v) is 3.66. The predicted molar refractivity (Wildman–Crippen MR) is 97.6 cm³/mol. The molecule has 0 saturated carbocycles. The molecule has 0 radical (unpaired) electrons. The van der Waals surface area contributed by atoms with Gasteiger partial charge in [-0.1, -0.05) is 0 Å². The Balaban J connectivity index is 2.29. The minimum Gasteiger partial charge on any atom is -0.339 e. The molecule has 0 spiro atoms. The Morgan fingerprint density at radius 2 is 1.74 bits per heavy atom. The fraction of sp³-hybridized carbons (Fsp3) is 0.235. The number of nitro groups is 1. The third-order valence-corrected chi connectivity index (χ3v) is 5.27. The lowest BCUT2D eigenvalue weighted by Gasteiger charge is -2.18. The van der Waals surface area contributed by atoms with Crippen LogP contribution in [0, 0.1) is 15.9 Å². The molecular formula is C17H18FN3O5S. The average Bonchev–Trinajstić information content (AvgIpc) is 2.62. The van der Waals surface area contributed by atoms with Gasteiger partial charge in [0, 0.05) is 24.3 Å². The van der Waals surface area contributed by atoms with Crippen molar-refractivity contribution in [3.63, 3.8) is 0 Å². The van der Waals surface area contributed by atoms with E-state index in [1.54, 1.807) is 4.90 Å². The number of nitrogens with one attached hydrogen (secondary N) is 1. The normalized spacial score (nSPS) is 11.1. The van der Waals surface area contributed by atoms with E-state index in [4.69, 9.17) is 0 Å². The molecule has 0 aromatic heterocycles. The van der Waals surface area contributed by atoms with Crippen molar-refractivity contribution in [3.8, 4) is 0 Å². The highest BCUT2D eigenvalue weighted by Crippen LogP contribution is 2.26. The first-order chi connectivity index (χ1) is 12.7. The quantitative estimate of drug-likeness (QED) is 0.572. The van der Waals surface area contributed by atoms with Gasteiger partial charge in [-0.3, -0.25) is 19.6 Å². The highest BCUT2D eigenvalue weighted by Gasteiger charge is 2.26. The number of anilines is 1. The van der Waals surface area contributed by atoms with Crippen LogP contribution in [0.4, 0.5) is 15.8 Å². The summed E-state index contributed by atoms with van der Waals surface area (Å²) in [4.78, 5) is 23.3. The molecule has 1 amide bonds. The molecule has 0 atom stereocenters. The van der Waals surface area contributed by atoms with E-state index < -0.39 is 31.3 Å². The van der Waals surface area contributed by atoms with Gasteiger partial charge < -0.3 is 4.90 Å². The summed E-state index contributed by atoms with van der Waals surface area (Å²) in [6.45, 7) is 4.77. The summed E-state index contributed by atoms with van der Waals surface area (Å²) in [6, 6.07) is 7.87. The van der Waals surface area contributed by atoms with Crippen molar-refractivity contribution in [2.24, 2.45) is 0 Å². The van der Waals surface area contributed by atoms with Gasteiger partial charge >= 0.3 is 0 Å². The van der Waals surface area contributed by atoms with Gasteiger partial charge in [0.25, 0.3) is 21.6 Å². The third-order valence-electron chi connectivity index (χ3n) is 3.84. The van der Waals surface area contributed by atoms with Gasteiger partial charge in [0.1, 0.15) is 5.82 Å². The van der Waals surface area contributed by atoms with E-state index >= 15 is 0 Å². The van der Waals surface area contributed by atoms with Crippen LogP contribution in [0.15, 0.2) is 47.4 Å². The van der Waals surface area contributed by atoms with Crippen LogP contribution in [-0.2, 0) is 10.0 Å². The van der Waals surface area contributed by atoms with Crippen molar-refractivity contribution in [3.05, 3.63) is 64.0 Å². The zero-order valence-corrected chi connectivity index (χ0v) is 15.5. The maximum absolute atomic E-state index is 13.2. The first-order valence-corrected chi connectivity index (χ1v) is 9.54. The molecule has 10 heteroatoms. The average molecular weight is 395 g/mol. The van der Waals surface area contributed by atoms with Crippen LogP contribution in [0.5, 0.6) is 0 Å². The Hall–Kier alpha value is -3.01. The Bertz CT molecular complexity index is 957. The van der Waals surface area contributed by atoms with Gasteiger partial charge in [0.2, 0.25) is 0 Å². The zero-order chi connectivity index (χ0) is 20.2. The van der Waals surface area contributed by atoms with Crippen LogP contribution in [0.3, 0.4) is 0 Å². The van der Waals surface area contributed by atoms with E-state index in [9.17, 15) is 27.7 Å². The standard InChI is InChI=1S/C17H18FN3O5S/c1-3-20(4-2)17(22)12-5-8-14(9-6-12)19-27(25,26)16-10-7-13(18)11-15(16)21(23)24/h5-11,19H,3-4H2,1-2H3. The van der Waals surface area contributed by atoms with E-state index in [-0.39, 0.29) is 11.6 Å². The molecule has 0 fully saturated rings. The number of nitro benzene ring substituents is 1. The summed E-state index contributed by atoms with van der Waals surface area (Å²) in [7, 11) is -4.32. The molecule has 0 aliphatic heterocycles. The monoisotopic (exact) mass is 395 g/mol. The summed E-state index contributed by atoms with van der Waals surface area (Å²) in [5.41, 5.74) is -0.366. The van der Waals surface area contributed by atoms with Gasteiger partial charge in [-0.25, -0.2) is 12.8 Å². The topological polar surface area (TPSA) is 110 Å². The molecule has 144 valence electrons. The molecule has 0 aliphatic carbocycles. The summed E-state index contributed by atoms with van der Waals surface area (Å²) in [5, 5.41) is 11.0. The van der Waals surface area contributed by atoms with Gasteiger partial charge in [0.15, 0.2) is 4.90 Å². The van der Waals surface area contributed by atoms with Gasteiger partial charge in [-0.05, 0) is 50.2 Å². The number of halogens is 1. The summed E-state index contributed by atoms with van der Waals surface area (Å²) < 4.78 is 40.3. The fourth-order valence-electron chi connectivity index (χ4n) is 2.44. The number of nitrogens with zero attached hydrogens (tertiary/aromatic N) is 2. The van der Waals surface area contributed by atoms with Gasteiger partial charge in [-0.15, -0.1) is 0 Å². The highest BCUT2D eigenvalue weighted by molar-refractivity contribution is 7.92. The summed E-state index contributed by atoms with van der Waals surface area (Å²) in [6.07, 6.45) is 0. The van der Waals surface area contributed by atoms with Crippen LogP contribution in [0.25, 0.3) is 0 Å². The van der Waals surface area contributed by atoms with E-state index in [0.717, 1.165) is 12.1 Å². The molecule has 0 unspecified atom stereocenters. The van der Waals surface area contributed by atoms with Crippen LogP contribution < -0.4 is 4.72 Å². The van der Waals surface area contributed by atoms with Crippen molar-refractivity contribution >= 4 is 27.3 Å². The number of carbonyl (C=O) groups excluding carboxylic acids is 1. The van der Waals surface area contributed by atoms with Crippen molar-refractivity contribution < 1.29 is 22.5 Å². The number of sulfonamides is 1. The van der Waals surface area contributed by atoms with Crippen LogP contribution in [0.2, 0.25) is 0 Å². The Morgan fingerprint density at radius 3 is 2.26 bits per heavy atom. The Labute approximate surface area is 155 Å². The molecular weight excluding hydrogens is 377 g/mol. The number of amides is 1. The minimum atomic E-state index is -4.32. The van der Waals surface area contributed by atoms with Crippen molar-refractivity contribution in [2.45, 2.75) is 18.7 Å².